The SMILES string of the molecule is COC(=O)C1CCN(Cc2cc(C)ccc2C)C1. The van der Waals surface area contributed by atoms with E-state index in [1.165, 1.54) is 23.8 Å². The summed E-state index contributed by atoms with van der Waals surface area (Å²) >= 11 is 0. The quantitative estimate of drug-likeness (QED) is 0.768. The molecule has 1 heterocycles. The zero-order valence-corrected chi connectivity index (χ0v) is 11.4. The molecule has 1 fully saturated rings. The molecule has 3 heteroatoms. The first-order valence-corrected chi connectivity index (χ1v) is 6.46. The Bertz CT molecular complexity index is 442. The Morgan fingerprint density at radius 2 is 2.22 bits per heavy atom. The molecule has 1 aromatic rings. The van der Waals surface area contributed by atoms with Gasteiger partial charge in [0.05, 0.1) is 13.0 Å². The number of aryl methyl sites for hydroxylation is 2. The second-order valence-electron chi connectivity index (χ2n) is 5.17. The van der Waals surface area contributed by atoms with Gasteiger partial charge in [-0.1, -0.05) is 23.8 Å². The number of nitrogens with zero attached hydrogens (tertiary/aromatic N) is 1. The van der Waals surface area contributed by atoms with Gasteiger partial charge in [0.15, 0.2) is 0 Å². The molecule has 2 rings (SSSR count). The van der Waals surface area contributed by atoms with Gasteiger partial charge in [-0.2, -0.15) is 0 Å². The average Bonchev–Trinajstić information content (AvgIpc) is 2.81. The van der Waals surface area contributed by atoms with Gasteiger partial charge in [-0.05, 0) is 37.9 Å². The van der Waals surface area contributed by atoms with Crippen molar-refractivity contribution in [2.45, 2.75) is 26.8 Å². The van der Waals surface area contributed by atoms with E-state index in [-0.39, 0.29) is 11.9 Å². The maximum absolute atomic E-state index is 11.5. The van der Waals surface area contributed by atoms with E-state index in [4.69, 9.17) is 4.74 Å². The molecule has 1 atom stereocenters. The summed E-state index contributed by atoms with van der Waals surface area (Å²) in [6, 6.07) is 6.54. The zero-order valence-electron chi connectivity index (χ0n) is 11.4. The first-order chi connectivity index (χ1) is 8.60. The van der Waals surface area contributed by atoms with Crippen LogP contribution in [0.3, 0.4) is 0 Å². The highest BCUT2D eigenvalue weighted by Gasteiger charge is 2.28. The molecule has 0 amide bonds. The lowest BCUT2D eigenvalue weighted by atomic mass is 10.1. The second-order valence-corrected chi connectivity index (χ2v) is 5.17. The minimum Gasteiger partial charge on any atom is -0.469 e. The molecule has 1 saturated heterocycles. The summed E-state index contributed by atoms with van der Waals surface area (Å²) in [5.41, 5.74) is 3.97. The monoisotopic (exact) mass is 247 g/mol. The van der Waals surface area contributed by atoms with Crippen molar-refractivity contribution in [2.75, 3.05) is 20.2 Å². The van der Waals surface area contributed by atoms with Gasteiger partial charge in [0.2, 0.25) is 0 Å². The van der Waals surface area contributed by atoms with Gasteiger partial charge in [0, 0.05) is 13.1 Å². The van der Waals surface area contributed by atoms with Crippen molar-refractivity contribution >= 4 is 5.97 Å². The lowest BCUT2D eigenvalue weighted by Gasteiger charge is -2.17. The third kappa shape index (κ3) is 2.91. The van der Waals surface area contributed by atoms with Crippen LogP contribution in [0, 0.1) is 19.8 Å². The molecule has 1 aromatic carbocycles. The molecule has 1 aliphatic heterocycles. The van der Waals surface area contributed by atoms with E-state index in [1.54, 1.807) is 0 Å². The predicted octanol–water partition coefficient (Wildman–Crippen LogP) is 2.30. The van der Waals surface area contributed by atoms with Crippen molar-refractivity contribution in [3.05, 3.63) is 34.9 Å². The molecule has 0 aliphatic carbocycles. The van der Waals surface area contributed by atoms with Crippen molar-refractivity contribution in [1.29, 1.82) is 0 Å². The van der Waals surface area contributed by atoms with Crippen molar-refractivity contribution in [2.24, 2.45) is 5.92 Å². The van der Waals surface area contributed by atoms with Gasteiger partial charge in [-0.15, -0.1) is 0 Å². The summed E-state index contributed by atoms with van der Waals surface area (Å²) in [5, 5.41) is 0. The van der Waals surface area contributed by atoms with E-state index >= 15 is 0 Å². The molecule has 0 saturated carbocycles. The molecule has 3 nitrogen and oxygen atoms in total. The van der Waals surface area contributed by atoms with E-state index in [9.17, 15) is 4.79 Å². The Morgan fingerprint density at radius 3 is 2.94 bits per heavy atom. The molecule has 0 spiro atoms. The molecule has 98 valence electrons. The molecule has 0 aromatic heterocycles. The van der Waals surface area contributed by atoms with E-state index in [0.717, 1.165) is 26.1 Å². The number of carbonyl (C=O) groups is 1. The molecule has 1 aliphatic rings. The fourth-order valence-corrected chi connectivity index (χ4v) is 2.55. The van der Waals surface area contributed by atoms with Crippen LogP contribution in [-0.2, 0) is 16.1 Å². The highest BCUT2D eigenvalue weighted by Crippen LogP contribution is 2.21. The summed E-state index contributed by atoms with van der Waals surface area (Å²) in [7, 11) is 1.47. The number of esters is 1. The maximum Gasteiger partial charge on any atom is 0.310 e. The van der Waals surface area contributed by atoms with Crippen molar-refractivity contribution < 1.29 is 9.53 Å². The Hall–Kier alpha value is -1.35. The molecule has 18 heavy (non-hydrogen) atoms. The molecule has 1 unspecified atom stereocenters. The third-order valence-electron chi connectivity index (χ3n) is 3.71. The number of rotatable bonds is 3. The van der Waals surface area contributed by atoms with Crippen molar-refractivity contribution in [1.82, 2.24) is 4.90 Å². The molecule has 0 radical (unpaired) electrons. The number of hydrogen-bond acceptors (Lipinski definition) is 3. The second kappa shape index (κ2) is 5.53. The van der Waals surface area contributed by atoms with Crippen LogP contribution in [-0.4, -0.2) is 31.1 Å². The standard InChI is InChI=1S/C15H21NO2/c1-11-4-5-12(2)14(8-11)10-16-7-6-13(9-16)15(17)18-3/h4-5,8,13H,6-7,9-10H2,1-3H3. The van der Waals surface area contributed by atoms with Crippen molar-refractivity contribution in [3.63, 3.8) is 0 Å². The fourth-order valence-electron chi connectivity index (χ4n) is 2.55. The minimum absolute atomic E-state index is 0.0557. The largest absolute Gasteiger partial charge is 0.469 e. The third-order valence-corrected chi connectivity index (χ3v) is 3.71. The Labute approximate surface area is 109 Å². The normalized spacial score (nSPS) is 20.1. The Kier molecular flexibility index (Phi) is 4.02. The average molecular weight is 247 g/mol. The number of likely N-dealkylation sites (tertiary alicyclic amines) is 1. The van der Waals surface area contributed by atoms with Crippen LogP contribution in [0.1, 0.15) is 23.1 Å². The van der Waals surface area contributed by atoms with E-state index < -0.39 is 0 Å². The van der Waals surface area contributed by atoms with Crippen LogP contribution in [0.25, 0.3) is 0 Å². The number of hydrogen-bond donors (Lipinski definition) is 0. The summed E-state index contributed by atoms with van der Waals surface area (Å²) in [4.78, 5) is 13.8. The van der Waals surface area contributed by atoms with Gasteiger partial charge < -0.3 is 4.74 Å². The lowest BCUT2D eigenvalue weighted by Crippen LogP contribution is -2.24. The number of methoxy groups -OCH3 is 1. The summed E-state index contributed by atoms with van der Waals surface area (Å²) < 4.78 is 4.81. The zero-order chi connectivity index (χ0) is 13.1. The highest BCUT2D eigenvalue weighted by atomic mass is 16.5. The van der Waals surface area contributed by atoms with Gasteiger partial charge in [0.1, 0.15) is 0 Å². The molecule has 0 bridgehead atoms. The molecular weight excluding hydrogens is 226 g/mol. The topological polar surface area (TPSA) is 29.5 Å². The van der Waals surface area contributed by atoms with E-state index in [1.807, 2.05) is 0 Å². The number of carbonyl (C=O) groups excluding carboxylic acids is 1. The minimum atomic E-state index is -0.0709. The smallest absolute Gasteiger partial charge is 0.310 e. The fraction of sp³-hybridized carbons (Fsp3) is 0.533. The van der Waals surface area contributed by atoms with Crippen LogP contribution >= 0.6 is 0 Å². The van der Waals surface area contributed by atoms with Gasteiger partial charge in [0.25, 0.3) is 0 Å². The van der Waals surface area contributed by atoms with Gasteiger partial charge in [-0.3, -0.25) is 9.69 Å². The number of benzene rings is 1. The first-order valence-electron chi connectivity index (χ1n) is 6.46. The predicted molar refractivity (Wildman–Crippen MR) is 71.3 cm³/mol. The van der Waals surface area contributed by atoms with E-state index in [2.05, 4.69) is 36.9 Å². The maximum atomic E-state index is 11.5. The summed E-state index contributed by atoms with van der Waals surface area (Å²) in [6.07, 6.45) is 0.914. The van der Waals surface area contributed by atoms with Crippen LogP contribution < -0.4 is 0 Å². The van der Waals surface area contributed by atoms with Gasteiger partial charge >= 0.3 is 5.97 Å². The summed E-state index contributed by atoms with van der Waals surface area (Å²) in [6.45, 7) is 6.99. The number of ether oxygens (including phenoxy) is 1. The summed E-state index contributed by atoms with van der Waals surface area (Å²) in [5.74, 6) is -0.0152. The van der Waals surface area contributed by atoms with Crippen LogP contribution in [0.2, 0.25) is 0 Å². The first kappa shape index (κ1) is 13.1. The van der Waals surface area contributed by atoms with E-state index in [0.29, 0.717) is 0 Å². The van der Waals surface area contributed by atoms with Crippen LogP contribution in [0.5, 0.6) is 0 Å². The van der Waals surface area contributed by atoms with Gasteiger partial charge in [-0.25, -0.2) is 0 Å². The molecular formula is C15H21NO2. The lowest BCUT2D eigenvalue weighted by molar-refractivity contribution is -0.144. The van der Waals surface area contributed by atoms with Crippen LogP contribution in [0.4, 0.5) is 0 Å². The van der Waals surface area contributed by atoms with Crippen LogP contribution in [0.15, 0.2) is 18.2 Å². The van der Waals surface area contributed by atoms with Crippen molar-refractivity contribution in [3.8, 4) is 0 Å². The Balaban J connectivity index is 1.99. The molecule has 0 N–H and O–H groups in total. The Morgan fingerprint density at radius 1 is 1.44 bits per heavy atom. The highest BCUT2D eigenvalue weighted by molar-refractivity contribution is 5.72.